The van der Waals surface area contributed by atoms with Crippen molar-refractivity contribution < 1.29 is 9.59 Å². The number of amides is 2. The fourth-order valence-corrected chi connectivity index (χ4v) is 0.219. The monoisotopic (exact) mass is 128 g/mol. The van der Waals surface area contributed by atoms with Crippen molar-refractivity contribution >= 4 is 12.3 Å². The molecule has 0 aromatic rings. The van der Waals surface area contributed by atoms with E-state index in [2.05, 4.69) is 11.1 Å². The Kier molecular flexibility index (Phi) is 3.12. The number of primary amides is 1. The van der Waals surface area contributed by atoms with Gasteiger partial charge in [-0.15, -0.1) is 0 Å². The number of nitrogens with two attached hydrogens (primary N) is 1. The topological polar surface area (TPSA) is 72.2 Å². The number of allylic oxidation sites excluding steroid dienone is 1. The first kappa shape index (κ1) is 7.68. The summed E-state index contributed by atoms with van der Waals surface area (Å²) in [6.45, 7) is 1.56. The quantitative estimate of drug-likeness (QED) is 0.398. The lowest BCUT2D eigenvalue weighted by Crippen LogP contribution is -2.24. The third-order valence-corrected chi connectivity index (χ3v) is 0.628. The highest BCUT2D eigenvalue weighted by Gasteiger charge is 1.85. The molecule has 2 amide bonds. The van der Waals surface area contributed by atoms with Gasteiger partial charge in [-0.2, -0.15) is 0 Å². The maximum absolute atomic E-state index is 9.97. The predicted molar refractivity (Wildman–Crippen MR) is 32.5 cm³/mol. The fraction of sp³-hybridized carbons (Fsp3) is 0.200. The van der Waals surface area contributed by atoms with Gasteiger partial charge in [0.2, 0.25) is 0 Å². The molecule has 0 rings (SSSR count). The number of nitrogens with one attached hydrogen (secondary N) is 1. The summed E-state index contributed by atoms with van der Waals surface area (Å²) < 4.78 is 0. The minimum Gasteiger partial charge on any atom is -0.351 e. The van der Waals surface area contributed by atoms with E-state index >= 15 is 0 Å². The summed E-state index contributed by atoms with van der Waals surface area (Å²) in [5.41, 5.74) is 5.11. The number of rotatable bonds is 2. The van der Waals surface area contributed by atoms with E-state index < -0.39 is 6.03 Å². The molecule has 0 aliphatic carbocycles. The highest BCUT2D eigenvalue weighted by Crippen LogP contribution is 1.79. The molecule has 0 spiro atoms. The van der Waals surface area contributed by atoms with Gasteiger partial charge >= 0.3 is 6.03 Å². The van der Waals surface area contributed by atoms with Crippen LogP contribution in [0.5, 0.6) is 0 Å². The smallest absolute Gasteiger partial charge is 0.316 e. The minimum atomic E-state index is -0.670. The average molecular weight is 128 g/mol. The molecular formula is C5H8N2O2. The Labute approximate surface area is 52.7 Å². The van der Waals surface area contributed by atoms with E-state index in [1.807, 2.05) is 0 Å². The van der Waals surface area contributed by atoms with Crippen molar-refractivity contribution in [3.63, 3.8) is 0 Å². The molecule has 0 aliphatic rings. The second-order valence-corrected chi connectivity index (χ2v) is 1.51. The minimum absolute atomic E-state index is 0.425. The second-order valence-electron chi connectivity index (χ2n) is 1.51. The van der Waals surface area contributed by atoms with Crippen LogP contribution in [0.25, 0.3) is 0 Å². The van der Waals surface area contributed by atoms with Crippen molar-refractivity contribution in [1.29, 1.82) is 0 Å². The SMILES string of the molecule is C/C(C=O)=C/NC(N)=O. The van der Waals surface area contributed by atoms with E-state index in [4.69, 9.17) is 0 Å². The van der Waals surface area contributed by atoms with Gasteiger partial charge in [-0.05, 0) is 6.92 Å². The molecule has 3 N–H and O–H groups in total. The summed E-state index contributed by atoms with van der Waals surface area (Å²) in [5, 5.41) is 2.14. The van der Waals surface area contributed by atoms with E-state index in [0.717, 1.165) is 0 Å². The van der Waals surface area contributed by atoms with E-state index in [-0.39, 0.29) is 0 Å². The van der Waals surface area contributed by atoms with Crippen LogP contribution in [0.1, 0.15) is 6.92 Å². The van der Waals surface area contributed by atoms with Crippen LogP contribution in [0.2, 0.25) is 0 Å². The van der Waals surface area contributed by atoms with Gasteiger partial charge in [-0.25, -0.2) is 4.79 Å². The average Bonchev–Trinajstić information content (AvgIpc) is 1.83. The molecule has 9 heavy (non-hydrogen) atoms. The molecule has 0 saturated carbocycles. The van der Waals surface area contributed by atoms with Gasteiger partial charge in [-0.1, -0.05) is 0 Å². The Bertz CT molecular complexity index is 151. The Morgan fingerprint density at radius 3 is 2.56 bits per heavy atom. The Morgan fingerprint density at radius 2 is 2.22 bits per heavy atom. The molecule has 4 heteroatoms. The van der Waals surface area contributed by atoms with Crippen LogP contribution >= 0.6 is 0 Å². The predicted octanol–water partition coefficient (Wildman–Crippen LogP) is -0.243. The van der Waals surface area contributed by atoms with Gasteiger partial charge in [0.05, 0.1) is 0 Å². The van der Waals surface area contributed by atoms with Crippen LogP contribution in [0.3, 0.4) is 0 Å². The van der Waals surface area contributed by atoms with Crippen molar-refractivity contribution in [3.05, 3.63) is 11.8 Å². The van der Waals surface area contributed by atoms with Gasteiger partial charge < -0.3 is 11.1 Å². The van der Waals surface area contributed by atoms with Gasteiger partial charge in [0, 0.05) is 11.8 Å². The molecule has 50 valence electrons. The second kappa shape index (κ2) is 3.65. The van der Waals surface area contributed by atoms with Crippen LogP contribution in [-0.2, 0) is 4.79 Å². The lowest BCUT2D eigenvalue weighted by Gasteiger charge is -1.89. The number of carbonyl (C=O) groups excluding carboxylic acids is 2. The Morgan fingerprint density at radius 1 is 1.67 bits per heavy atom. The summed E-state index contributed by atoms with van der Waals surface area (Å²) in [6.07, 6.45) is 1.87. The third kappa shape index (κ3) is 4.53. The molecule has 0 bridgehead atoms. The highest BCUT2D eigenvalue weighted by molar-refractivity contribution is 5.76. The van der Waals surface area contributed by atoms with Gasteiger partial charge in [0.1, 0.15) is 6.29 Å². The number of hydrogen-bond acceptors (Lipinski definition) is 2. The maximum Gasteiger partial charge on any atom is 0.316 e. The van der Waals surface area contributed by atoms with E-state index in [9.17, 15) is 9.59 Å². The van der Waals surface area contributed by atoms with Crippen LogP contribution in [-0.4, -0.2) is 12.3 Å². The summed E-state index contributed by atoms with van der Waals surface area (Å²) >= 11 is 0. The summed E-state index contributed by atoms with van der Waals surface area (Å²) in [5.74, 6) is 0. The molecule has 0 radical (unpaired) electrons. The summed E-state index contributed by atoms with van der Waals surface area (Å²) in [7, 11) is 0. The first-order valence-corrected chi connectivity index (χ1v) is 2.34. The third-order valence-electron chi connectivity index (χ3n) is 0.628. The van der Waals surface area contributed by atoms with Crippen molar-refractivity contribution in [1.82, 2.24) is 5.32 Å². The summed E-state index contributed by atoms with van der Waals surface area (Å²) in [4.78, 5) is 19.8. The maximum atomic E-state index is 9.97. The van der Waals surface area contributed by atoms with E-state index in [1.54, 1.807) is 6.92 Å². The number of hydrogen-bond donors (Lipinski definition) is 2. The van der Waals surface area contributed by atoms with Crippen LogP contribution in [0.4, 0.5) is 4.79 Å². The lowest BCUT2D eigenvalue weighted by molar-refractivity contribution is -0.104. The zero-order chi connectivity index (χ0) is 7.28. The zero-order valence-electron chi connectivity index (χ0n) is 5.05. The molecule has 0 unspecified atom stereocenters. The zero-order valence-corrected chi connectivity index (χ0v) is 5.05. The first-order valence-electron chi connectivity index (χ1n) is 2.34. The molecule has 4 nitrogen and oxygen atoms in total. The van der Waals surface area contributed by atoms with Gasteiger partial charge in [0.15, 0.2) is 0 Å². The number of urea groups is 1. The van der Waals surface area contributed by atoms with Crippen LogP contribution in [0.15, 0.2) is 11.8 Å². The van der Waals surface area contributed by atoms with Gasteiger partial charge in [-0.3, -0.25) is 4.79 Å². The van der Waals surface area contributed by atoms with Crippen molar-refractivity contribution in [3.8, 4) is 0 Å². The van der Waals surface area contributed by atoms with E-state index in [0.29, 0.717) is 11.9 Å². The van der Waals surface area contributed by atoms with Crippen molar-refractivity contribution in [2.75, 3.05) is 0 Å². The molecular weight excluding hydrogens is 120 g/mol. The van der Waals surface area contributed by atoms with Crippen molar-refractivity contribution in [2.45, 2.75) is 6.92 Å². The van der Waals surface area contributed by atoms with Gasteiger partial charge in [0.25, 0.3) is 0 Å². The van der Waals surface area contributed by atoms with Crippen molar-refractivity contribution in [2.24, 2.45) is 5.73 Å². The van der Waals surface area contributed by atoms with Crippen LogP contribution in [0, 0.1) is 0 Å². The lowest BCUT2D eigenvalue weighted by atomic mass is 10.4. The molecule has 0 fully saturated rings. The summed E-state index contributed by atoms with van der Waals surface area (Å²) in [6, 6.07) is -0.670. The number of aldehydes is 1. The molecule has 0 aromatic carbocycles. The standard InChI is InChI=1S/C5H8N2O2/c1-4(3-8)2-7-5(6)9/h2-3H,1H3,(H3,6,7,9)/b4-2-. The first-order chi connectivity index (χ1) is 4.16. The number of carbonyl (C=O) groups is 2. The fourth-order valence-electron chi connectivity index (χ4n) is 0.219. The Hall–Kier alpha value is -1.32. The molecule has 0 atom stereocenters. The molecule has 0 aromatic heterocycles. The molecule has 0 saturated heterocycles. The molecule has 0 heterocycles. The molecule has 0 aliphatic heterocycles. The van der Waals surface area contributed by atoms with Crippen LogP contribution < -0.4 is 11.1 Å². The normalized spacial score (nSPS) is 10.6. The largest absolute Gasteiger partial charge is 0.351 e. The van der Waals surface area contributed by atoms with E-state index in [1.165, 1.54) is 6.20 Å². The highest BCUT2D eigenvalue weighted by atomic mass is 16.2. The Balaban J connectivity index is 3.69.